The van der Waals surface area contributed by atoms with Crippen LogP contribution in [0, 0.1) is 10.1 Å². The number of rotatable bonds is 4. The molecule has 9 heteroatoms. The molecular formula is C19H17N2O6S-. The van der Waals surface area contributed by atoms with Gasteiger partial charge >= 0.3 is 0 Å². The van der Waals surface area contributed by atoms with Crippen LogP contribution in [0.2, 0.25) is 0 Å². The third-order valence-corrected chi connectivity index (χ3v) is 5.29. The fourth-order valence-electron chi connectivity index (χ4n) is 3.39. The molecule has 0 radical (unpaired) electrons. The minimum absolute atomic E-state index is 0.0957. The molecule has 0 fully saturated rings. The van der Waals surface area contributed by atoms with Crippen LogP contribution in [0.3, 0.4) is 0 Å². The highest BCUT2D eigenvalue weighted by Crippen LogP contribution is 2.47. The van der Waals surface area contributed by atoms with Gasteiger partial charge in [0.15, 0.2) is 5.78 Å². The van der Waals surface area contributed by atoms with Gasteiger partial charge in [0.2, 0.25) is 0 Å². The summed E-state index contributed by atoms with van der Waals surface area (Å²) in [4.78, 5) is 23.8. The van der Waals surface area contributed by atoms with Crippen molar-refractivity contribution >= 4 is 21.6 Å². The highest BCUT2D eigenvalue weighted by Gasteiger charge is 2.40. The van der Waals surface area contributed by atoms with Gasteiger partial charge in [0.05, 0.1) is 4.92 Å². The molecule has 146 valence electrons. The Kier molecular flexibility index (Phi) is 4.82. The fourth-order valence-corrected chi connectivity index (χ4v) is 3.98. The Hall–Kier alpha value is -3.04. The van der Waals surface area contributed by atoms with E-state index in [-0.39, 0.29) is 11.3 Å². The summed E-state index contributed by atoms with van der Waals surface area (Å²) >= 11 is 0. The zero-order chi connectivity index (χ0) is 20.7. The summed E-state index contributed by atoms with van der Waals surface area (Å²) in [7, 11) is -4.57. The van der Waals surface area contributed by atoms with E-state index in [9.17, 15) is 27.9 Å². The zero-order valence-corrected chi connectivity index (χ0v) is 16.0. The number of ketones is 1. The van der Waals surface area contributed by atoms with Crippen molar-refractivity contribution in [2.45, 2.75) is 19.3 Å². The fraction of sp³-hybridized carbons (Fsp3) is 0.211. The standard InChI is InChI=1S/C19H18N2O6S/c1-19(2)15-5-3-4-6-16(15)20(12-28(25,26)27)18(19)10-7-13-11-14(21(23)24)8-9-17(13)22/h3-11H,12H2,1-2H3,(H,25,26,27)/p-1/b13-7-,18-10+. The number of fused-ring (bicyclic) bond motifs is 1. The average Bonchev–Trinajstić information content (AvgIpc) is 2.80. The molecule has 1 aromatic carbocycles. The van der Waals surface area contributed by atoms with E-state index in [0.717, 1.165) is 23.8 Å². The summed E-state index contributed by atoms with van der Waals surface area (Å²) in [5.41, 5.74) is 1.16. The molecule has 1 aliphatic carbocycles. The van der Waals surface area contributed by atoms with Gasteiger partial charge in [0.25, 0.3) is 5.70 Å². The van der Waals surface area contributed by atoms with E-state index < -0.39 is 32.1 Å². The summed E-state index contributed by atoms with van der Waals surface area (Å²) in [5, 5.41) is 11.0. The second kappa shape index (κ2) is 6.84. The maximum Gasteiger partial charge on any atom is 0.270 e. The second-order valence-electron chi connectivity index (χ2n) is 6.95. The van der Waals surface area contributed by atoms with E-state index in [0.29, 0.717) is 11.4 Å². The Bertz CT molecular complexity index is 1090. The van der Waals surface area contributed by atoms with Crippen LogP contribution in [0.25, 0.3) is 0 Å². The summed E-state index contributed by atoms with van der Waals surface area (Å²) in [5.74, 6) is -1.16. The van der Waals surface area contributed by atoms with Gasteiger partial charge in [0, 0.05) is 34.5 Å². The minimum Gasteiger partial charge on any atom is -0.747 e. The molecule has 8 nitrogen and oxygen atoms in total. The van der Waals surface area contributed by atoms with E-state index in [2.05, 4.69) is 0 Å². The van der Waals surface area contributed by atoms with Crippen LogP contribution >= 0.6 is 0 Å². The van der Waals surface area contributed by atoms with E-state index >= 15 is 0 Å². The predicted molar refractivity (Wildman–Crippen MR) is 102 cm³/mol. The Labute approximate surface area is 162 Å². The molecule has 0 bridgehead atoms. The molecule has 0 saturated carbocycles. The summed E-state index contributed by atoms with van der Waals surface area (Å²) < 4.78 is 34.3. The molecule has 0 atom stereocenters. The first-order valence-electron chi connectivity index (χ1n) is 8.32. The van der Waals surface area contributed by atoms with Crippen LogP contribution in [0.5, 0.6) is 0 Å². The number of carbonyl (C=O) groups excluding carboxylic acids is 1. The molecule has 0 aromatic heterocycles. The number of nitro groups is 1. The highest BCUT2D eigenvalue weighted by atomic mass is 32.2. The van der Waals surface area contributed by atoms with Crippen molar-refractivity contribution in [3.8, 4) is 0 Å². The molecule has 1 aromatic rings. The third kappa shape index (κ3) is 3.67. The Morgan fingerprint density at radius 2 is 1.86 bits per heavy atom. The molecule has 3 rings (SSSR count). The van der Waals surface area contributed by atoms with Crippen molar-refractivity contribution in [2.75, 3.05) is 10.8 Å². The molecule has 28 heavy (non-hydrogen) atoms. The van der Waals surface area contributed by atoms with Gasteiger partial charge in [-0.3, -0.25) is 14.9 Å². The van der Waals surface area contributed by atoms with Crippen molar-refractivity contribution in [3.05, 3.63) is 87.3 Å². The van der Waals surface area contributed by atoms with Gasteiger partial charge in [-0.25, -0.2) is 8.42 Å². The molecule has 0 unspecified atom stereocenters. The zero-order valence-electron chi connectivity index (χ0n) is 15.2. The minimum atomic E-state index is -4.57. The molecule has 0 saturated heterocycles. The molecule has 0 N–H and O–H groups in total. The number of allylic oxidation sites excluding steroid dienone is 7. The van der Waals surface area contributed by atoms with E-state index in [1.165, 1.54) is 17.1 Å². The summed E-state index contributed by atoms with van der Waals surface area (Å²) in [6.45, 7) is 3.74. The predicted octanol–water partition coefficient (Wildman–Crippen LogP) is 2.40. The Balaban J connectivity index is 2.11. The topological polar surface area (TPSA) is 121 Å². The largest absolute Gasteiger partial charge is 0.747 e. The number of hydrogen-bond donors (Lipinski definition) is 0. The highest BCUT2D eigenvalue weighted by molar-refractivity contribution is 7.85. The Morgan fingerprint density at radius 3 is 2.50 bits per heavy atom. The van der Waals surface area contributed by atoms with Crippen LogP contribution in [0.1, 0.15) is 19.4 Å². The lowest BCUT2D eigenvalue weighted by molar-refractivity contribution is -0.419. The monoisotopic (exact) mass is 401 g/mol. The van der Waals surface area contributed by atoms with Crippen LogP contribution in [0.4, 0.5) is 5.69 Å². The Morgan fingerprint density at radius 1 is 1.18 bits per heavy atom. The average molecular weight is 401 g/mol. The first kappa shape index (κ1) is 19.7. The first-order chi connectivity index (χ1) is 13.0. The van der Waals surface area contributed by atoms with Gasteiger partial charge in [-0.2, -0.15) is 0 Å². The normalized spacial score (nSPS) is 21.2. The molecule has 0 spiro atoms. The maximum absolute atomic E-state index is 12.0. The molecule has 2 aliphatic rings. The second-order valence-corrected chi connectivity index (χ2v) is 8.33. The molecular weight excluding hydrogens is 384 g/mol. The molecule has 0 amide bonds. The number of anilines is 1. The van der Waals surface area contributed by atoms with Gasteiger partial charge in [-0.05, 0) is 29.9 Å². The SMILES string of the molecule is CC1(C)/C(=C\C=C2\C=C([N+](=O)[O-])C=CC2=O)N(CS(=O)(=O)[O-])c2ccccc21. The number of hydrogen-bond acceptors (Lipinski definition) is 7. The number of para-hydroxylation sites is 1. The van der Waals surface area contributed by atoms with E-state index in [4.69, 9.17) is 0 Å². The smallest absolute Gasteiger partial charge is 0.270 e. The van der Waals surface area contributed by atoms with Crippen molar-refractivity contribution < 1.29 is 22.7 Å². The number of benzene rings is 1. The molecule has 1 heterocycles. The summed E-state index contributed by atoms with van der Waals surface area (Å²) in [6.07, 6.45) is 6.33. The summed E-state index contributed by atoms with van der Waals surface area (Å²) in [6, 6.07) is 7.11. The van der Waals surface area contributed by atoms with Crippen LogP contribution in [-0.4, -0.2) is 29.6 Å². The van der Waals surface area contributed by atoms with Gasteiger partial charge in [0.1, 0.15) is 16.0 Å². The van der Waals surface area contributed by atoms with Crippen LogP contribution in [-0.2, 0) is 20.3 Å². The third-order valence-electron chi connectivity index (χ3n) is 4.71. The number of nitrogens with zero attached hydrogens (tertiary/aromatic N) is 2. The van der Waals surface area contributed by atoms with Crippen LogP contribution < -0.4 is 4.90 Å². The molecule has 1 aliphatic heterocycles. The van der Waals surface area contributed by atoms with Crippen molar-refractivity contribution in [2.24, 2.45) is 0 Å². The van der Waals surface area contributed by atoms with Crippen molar-refractivity contribution in [3.63, 3.8) is 0 Å². The first-order valence-corrected chi connectivity index (χ1v) is 9.90. The van der Waals surface area contributed by atoms with Crippen LogP contribution in [0.15, 0.2) is 71.6 Å². The van der Waals surface area contributed by atoms with Gasteiger partial charge in [-0.1, -0.05) is 32.0 Å². The number of carbonyl (C=O) groups is 1. The van der Waals surface area contributed by atoms with Gasteiger partial charge < -0.3 is 9.45 Å². The maximum atomic E-state index is 12.0. The van der Waals surface area contributed by atoms with E-state index in [1.54, 1.807) is 12.1 Å². The van der Waals surface area contributed by atoms with Crippen molar-refractivity contribution in [1.82, 2.24) is 0 Å². The lowest BCUT2D eigenvalue weighted by atomic mass is 9.83. The van der Waals surface area contributed by atoms with Gasteiger partial charge in [-0.15, -0.1) is 0 Å². The lowest BCUT2D eigenvalue weighted by Gasteiger charge is -2.27. The van der Waals surface area contributed by atoms with E-state index in [1.807, 2.05) is 26.0 Å². The van der Waals surface area contributed by atoms with Crippen molar-refractivity contribution in [1.29, 1.82) is 0 Å². The quantitative estimate of drug-likeness (QED) is 0.329. The lowest BCUT2D eigenvalue weighted by Crippen LogP contribution is -2.30.